The van der Waals surface area contributed by atoms with Gasteiger partial charge in [0.2, 0.25) is 6.54 Å². The minimum absolute atomic E-state index is 0.00690. The van der Waals surface area contributed by atoms with Crippen molar-refractivity contribution < 1.29 is 9.36 Å². The van der Waals surface area contributed by atoms with E-state index in [9.17, 15) is 4.79 Å². The summed E-state index contributed by atoms with van der Waals surface area (Å²) in [5.41, 5.74) is 3.27. The molecule has 0 bridgehead atoms. The lowest BCUT2D eigenvalue weighted by molar-refractivity contribution is -0.684. The number of halogens is 1. The van der Waals surface area contributed by atoms with Crippen LogP contribution in [0.3, 0.4) is 0 Å². The highest BCUT2D eigenvalue weighted by atomic mass is 127. The maximum atomic E-state index is 12.1. The number of hydrogen-bond acceptors (Lipinski definition) is 1. The first-order chi connectivity index (χ1) is 10.1. The Morgan fingerprint density at radius 3 is 2.57 bits per heavy atom. The van der Waals surface area contributed by atoms with Crippen LogP contribution in [0.4, 0.5) is 5.69 Å². The van der Waals surface area contributed by atoms with Crippen LogP contribution >= 0.6 is 22.6 Å². The number of aryl methyl sites for hydroxylation is 2. The lowest BCUT2D eigenvalue weighted by Gasteiger charge is -2.07. The number of nitrogens with zero attached hydrogens (tertiary/aromatic N) is 1. The number of aromatic nitrogens is 1. The average Bonchev–Trinajstić information content (AvgIpc) is 2.44. The summed E-state index contributed by atoms with van der Waals surface area (Å²) in [6, 6.07) is 10.2. The predicted molar refractivity (Wildman–Crippen MR) is 93.2 cm³/mol. The molecule has 0 unspecified atom stereocenters. The van der Waals surface area contributed by atoms with Gasteiger partial charge in [0, 0.05) is 21.4 Å². The number of benzene rings is 1. The van der Waals surface area contributed by atoms with E-state index in [-0.39, 0.29) is 5.91 Å². The van der Waals surface area contributed by atoms with Gasteiger partial charge in [-0.25, -0.2) is 0 Å². The van der Waals surface area contributed by atoms with Crippen LogP contribution in [0.1, 0.15) is 24.5 Å². The third-order valence-electron chi connectivity index (χ3n) is 3.29. The summed E-state index contributed by atoms with van der Waals surface area (Å²) in [5, 5.41) is 2.96. The van der Waals surface area contributed by atoms with Gasteiger partial charge in [0.05, 0.1) is 0 Å². The number of anilines is 1. The molecule has 0 aliphatic carbocycles. The van der Waals surface area contributed by atoms with E-state index >= 15 is 0 Å². The van der Waals surface area contributed by atoms with Crippen molar-refractivity contribution in [1.29, 1.82) is 0 Å². The fourth-order valence-electron chi connectivity index (χ4n) is 2.17. The molecule has 0 aliphatic heterocycles. The average molecular weight is 395 g/mol. The van der Waals surface area contributed by atoms with Crippen LogP contribution in [0.15, 0.2) is 42.7 Å². The lowest BCUT2D eigenvalue weighted by Crippen LogP contribution is -2.39. The zero-order valence-electron chi connectivity index (χ0n) is 12.4. The second kappa shape index (κ2) is 7.54. The molecule has 3 nitrogen and oxygen atoms in total. The molecule has 1 amide bonds. The third kappa shape index (κ3) is 4.81. The Labute approximate surface area is 139 Å². The highest BCUT2D eigenvalue weighted by Gasteiger charge is 2.10. The zero-order valence-corrected chi connectivity index (χ0v) is 14.6. The molecular formula is C17H20IN2O+. The van der Waals surface area contributed by atoms with Crippen molar-refractivity contribution in [1.82, 2.24) is 0 Å². The van der Waals surface area contributed by atoms with Crippen LogP contribution < -0.4 is 9.88 Å². The largest absolute Gasteiger partial charge is 0.320 e. The van der Waals surface area contributed by atoms with E-state index in [1.54, 1.807) is 0 Å². The fourth-order valence-corrected chi connectivity index (χ4v) is 2.82. The maximum Gasteiger partial charge on any atom is 0.290 e. The molecule has 0 spiro atoms. The van der Waals surface area contributed by atoms with Gasteiger partial charge >= 0.3 is 0 Å². The van der Waals surface area contributed by atoms with Gasteiger partial charge in [0.1, 0.15) is 0 Å². The van der Waals surface area contributed by atoms with Crippen molar-refractivity contribution in [2.75, 3.05) is 5.32 Å². The van der Waals surface area contributed by atoms with E-state index in [4.69, 9.17) is 0 Å². The van der Waals surface area contributed by atoms with E-state index in [1.165, 1.54) is 9.13 Å². The number of pyridine rings is 1. The molecule has 2 aromatic rings. The lowest BCUT2D eigenvalue weighted by atomic mass is 10.1. The summed E-state index contributed by atoms with van der Waals surface area (Å²) >= 11 is 2.27. The van der Waals surface area contributed by atoms with Gasteiger partial charge in [-0.05, 0) is 65.3 Å². The zero-order chi connectivity index (χ0) is 15.2. The fraction of sp³-hybridized carbons (Fsp3) is 0.294. The van der Waals surface area contributed by atoms with Gasteiger partial charge in [-0.2, -0.15) is 4.57 Å². The summed E-state index contributed by atoms with van der Waals surface area (Å²) in [5.74, 6) is -0.00690. The van der Waals surface area contributed by atoms with Crippen LogP contribution in [0, 0.1) is 10.5 Å². The first-order valence-electron chi connectivity index (χ1n) is 7.12. The predicted octanol–water partition coefficient (Wildman–Crippen LogP) is 3.48. The molecule has 1 heterocycles. The first kappa shape index (κ1) is 15.9. The Morgan fingerprint density at radius 1 is 1.24 bits per heavy atom. The van der Waals surface area contributed by atoms with Crippen LogP contribution in [-0.2, 0) is 17.8 Å². The SMILES string of the molecule is CCCc1cc[n+](CC(=O)Nc2ccc(I)cc2C)cc1. The molecule has 0 saturated heterocycles. The van der Waals surface area contributed by atoms with Gasteiger partial charge in [-0.3, -0.25) is 4.79 Å². The van der Waals surface area contributed by atoms with Crippen molar-refractivity contribution in [2.45, 2.75) is 33.2 Å². The molecule has 1 N–H and O–H groups in total. The van der Waals surface area contributed by atoms with Gasteiger partial charge < -0.3 is 5.32 Å². The molecular weight excluding hydrogens is 375 g/mol. The Balaban J connectivity index is 1.98. The standard InChI is InChI=1S/C17H19IN2O/c1-3-4-14-7-9-20(10-8-14)12-17(21)19-16-6-5-15(18)11-13(16)2/h5-11H,3-4,12H2,1-2H3/p+1. The topological polar surface area (TPSA) is 33.0 Å². The second-order valence-corrected chi connectivity index (χ2v) is 6.38. The Hall–Kier alpha value is -1.43. The number of nitrogens with one attached hydrogen (secondary N) is 1. The summed E-state index contributed by atoms with van der Waals surface area (Å²) < 4.78 is 3.07. The summed E-state index contributed by atoms with van der Waals surface area (Å²) in [4.78, 5) is 12.1. The smallest absolute Gasteiger partial charge is 0.290 e. The van der Waals surface area contributed by atoms with Gasteiger partial charge in [0.15, 0.2) is 12.4 Å². The molecule has 2 rings (SSSR count). The van der Waals surface area contributed by atoms with Crippen molar-refractivity contribution in [3.63, 3.8) is 0 Å². The highest BCUT2D eigenvalue weighted by Crippen LogP contribution is 2.17. The Kier molecular flexibility index (Phi) is 5.73. The number of carbonyl (C=O) groups is 1. The number of hydrogen-bond donors (Lipinski definition) is 1. The van der Waals surface area contributed by atoms with Crippen molar-refractivity contribution in [3.05, 3.63) is 57.4 Å². The number of rotatable bonds is 5. The van der Waals surface area contributed by atoms with E-state index in [2.05, 4.69) is 53.0 Å². The summed E-state index contributed by atoms with van der Waals surface area (Å²) in [6.07, 6.45) is 6.14. The third-order valence-corrected chi connectivity index (χ3v) is 3.96. The molecule has 21 heavy (non-hydrogen) atoms. The summed E-state index contributed by atoms with van der Waals surface area (Å²) in [6.45, 7) is 4.50. The second-order valence-electron chi connectivity index (χ2n) is 5.14. The van der Waals surface area contributed by atoms with Crippen LogP contribution in [0.25, 0.3) is 0 Å². The Morgan fingerprint density at radius 2 is 1.95 bits per heavy atom. The van der Waals surface area contributed by atoms with Crippen LogP contribution in [0.5, 0.6) is 0 Å². The van der Waals surface area contributed by atoms with Crippen LogP contribution in [-0.4, -0.2) is 5.91 Å². The first-order valence-corrected chi connectivity index (χ1v) is 8.20. The molecule has 110 valence electrons. The van der Waals surface area contributed by atoms with Gasteiger partial charge in [0.25, 0.3) is 5.91 Å². The van der Waals surface area contributed by atoms with E-state index in [1.807, 2.05) is 36.0 Å². The van der Waals surface area contributed by atoms with E-state index in [0.29, 0.717) is 6.54 Å². The minimum atomic E-state index is -0.00690. The maximum absolute atomic E-state index is 12.1. The number of amides is 1. The monoisotopic (exact) mass is 395 g/mol. The molecule has 1 aromatic carbocycles. The van der Waals surface area contributed by atoms with Crippen molar-refractivity contribution in [3.8, 4) is 0 Å². The number of carbonyl (C=O) groups excluding carboxylic acids is 1. The quantitative estimate of drug-likeness (QED) is 0.611. The van der Waals surface area contributed by atoms with Crippen molar-refractivity contribution in [2.24, 2.45) is 0 Å². The van der Waals surface area contributed by atoms with Gasteiger partial charge in [-0.15, -0.1) is 0 Å². The molecule has 0 aliphatic rings. The minimum Gasteiger partial charge on any atom is -0.320 e. The van der Waals surface area contributed by atoms with Crippen LogP contribution in [0.2, 0.25) is 0 Å². The molecule has 4 heteroatoms. The highest BCUT2D eigenvalue weighted by molar-refractivity contribution is 14.1. The van der Waals surface area contributed by atoms with Crippen molar-refractivity contribution >= 4 is 34.2 Å². The normalized spacial score (nSPS) is 10.4. The van der Waals surface area contributed by atoms with E-state index in [0.717, 1.165) is 24.1 Å². The molecule has 0 fully saturated rings. The molecule has 0 atom stereocenters. The molecule has 1 aromatic heterocycles. The molecule has 0 saturated carbocycles. The molecule has 0 radical (unpaired) electrons. The van der Waals surface area contributed by atoms with Gasteiger partial charge in [-0.1, -0.05) is 13.3 Å². The Bertz CT molecular complexity index is 623. The summed E-state index contributed by atoms with van der Waals surface area (Å²) in [7, 11) is 0. The van der Waals surface area contributed by atoms with E-state index < -0.39 is 0 Å².